The van der Waals surface area contributed by atoms with Crippen molar-refractivity contribution in [3.8, 4) is 0 Å². The molecule has 7 heavy (non-hydrogen) atoms. The second-order valence-electron chi connectivity index (χ2n) is 0.974. The Morgan fingerprint density at radius 3 is 2.14 bits per heavy atom. The highest BCUT2D eigenvalue weighted by Crippen LogP contribution is 1.68. The van der Waals surface area contributed by atoms with Crippen LogP contribution in [0.5, 0.6) is 0 Å². The Morgan fingerprint density at radius 1 is 1.71 bits per heavy atom. The molecule has 0 rings (SSSR count). The van der Waals surface area contributed by atoms with Crippen LogP contribution < -0.4 is 11.6 Å². The molecule has 0 aliphatic rings. The van der Waals surface area contributed by atoms with Gasteiger partial charge >= 0.3 is 0 Å². The minimum absolute atomic E-state index is 0. The van der Waals surface area contributed by atoms with E-state index in [9.17, 15) is 0 Å². The summed E-state index contributed by atoms with van der Waals surface area (Å²) in [5, 5.41) is 3.20. The first kappa shape index (κ1) is 9.75. The molecule has 0 spiro atoms. The Kier molecular flexibility index (Phi) is 7.75. The standard InChI is InChI=1S/C3H9N3.ClH/c1-2-3(4)6-5;/h2,5H2,1H3,(H2,4,6);1H. The quantitative estimate of drug-likeness (QED) is 0.224. The van der Waals surface area contributed by atoms with Crippen LogP contribution in [0.4, 0.5) is 0 Å². The number of hydrogen-bond acceptors (Lipinski definition) is 2. The van der Waals surface area contributed by atoms with Crippen LogP contribution in [-0.4, -0.2) is 5.84 Å². The van der Waals surface area contributed by atoms with Crippen LogP contribution in [0.1, 0.15) is 13.3 Å². The normalized spacial score (nSPS) is 10.1. The lowest BCUT2D eigenvalue weighted by atomic mass is 10.5. The van der Waals surface area contributed by atoms with E-state index in [0.29, 0.717) is 5.84 Å². The van der Waals surface area contributed by atoms with Crippen LogP contribution in [0.15, 0.2) is 5.10 Å². The van der Waals surface area contributed by atoms with Gasteiger partial charge < -0.3 is 11.6 Å². The van der Waals surface area contributed by atoms with Gasteiger partial charge in [0.2, 0.25) is 0 Å². The highest BCUT2D eigenvalue weighted by Gasteiger charge is 1.76. The molecule has 0 saturated heterocycles. The lowest BCUT2D eigenvalue weighted by Crippen LogP contribution is -2.11. The minimum Gasteiger partial charge on any atom is -0.386 e. The summed E-state index contributed by atoms with van der Waals surface area (Å²) in [7, 11) is 0. The van der Waals surface area contributed by atoms with E-state index in [4.69, 9.17) is 11.6 Å². The number of nitrogens with two attached hydrogens (primary N) is 2. The van der Waals surface area contributed by atoms with Crippen molar-refractivity contribution < 1.29 is 0 Å². The van der Waals surface area contributed by atoms with Gasteiger partial charge in [-0.1, -0.05) is 6.92 Å². The van der Waals surface area contributed by atoms with E-state index in [-0.39, 0.29) is 12.4 Å². The van der Waals surface area contributed by atoms with Crippen LogP contribution in [0.25, 0.3) is 0 Å². The van der Waals surface area contributed by atoms with E-state index >= 15 is 0 Å². The predicted molar refractivity (Wildman–Crippen MR) is 33.3 cm³/mol. The van der Waals surface area contributed by atoms with Crippen LogP contribution in [0.2, 0.25) is 0 Å². The first-order chi connectivity index (χ1) is 2.81. The molecule has 44 valence electrons. The monoisotopic (exact) mass is 123 g/mol. The topological polar surface area (TPSA) is 64.4 Å². The van der Waals surface area contributed by atoms with Crippen LogP contribution in [0.3, 0.4) is 0 Å². The van der Waals surface area contributed by atoms with Crippen LogP contribution in [-0.2, 0) is 0 Å². The van der Waals surface area contributed by atoms with E-state index in [1.165, 1.54) is 0 Å². The summed E-state index contributed by atoms with van der Waals surface area (Å²) in [6.07, 6.45) is 0.733. The van der Waals surface area contributed by atoms with Gasteiger partial charge in [-0.3, -0.25) is 0 Å². The SMILES string of the molecule is CC/C(N)=N/N.Cl. The minimum atomic E-state index is 0. The molecule has 4 heteroatoms. The van der Waals surface area contributed by atoms with Gasteiger partial charge in [0.25, 0.3) is 0 Å². The lowest BCUT2D eigenvalue weighted by molar-refractivity contribution is 1.15. The maximum atomic E-state index is 5.10. The maximum Gasteiger partial charge on any atom is 0.119 e. The zero-order chi connectivity index (χ0) is 4.99. The molecule has 0 heterocycles. The Hall–Kier alpha value is -0.440. The summed E-state index contributed by atoms with van der Waals surface area (Å²) in [6.45, 7) is 1.89. The fourth-order valence-corrected chi connectivity index (χ4v) is 0.0913. The van der Waals surface area contributed by atoms with E-state index in [1.807, 2.05) is 6.92 Å². The Labute approximate surface area is 49.2 Å². The van der Waals surface area contributed by atoms with Crippen molar-refractivity contribution >= 4 is 18.2 Å². The molecule has 0 aromatic heterocycles. The molecule has 0 radical (unpaired) electrons. The largest absolute Gasteiger partial charge is 0.386 e. The van der Waals surface area contributed by atoms with Gasteiger partial charge in [-0.15, -0.1) is 12.4 Å². The van der Waals surface area contributed by atoms with Gasteiger partial charge in [-0.25, -0.2) is 0 Å². The van der Waals surface area contributed by atoms with Crippen molar-refractivity contribution in [1.82, 2.24) is 0 Å². The van der Waals surface area contributed by atoms with Crippen molar-refractivity contribution in [3.63, 3.8) is 0 Å². The second kappa shape index (κ2) is 5.56. The molecule has 4 N–H and O–H groups in total. The molecule has 0 aliphatic heterocycles. The molecule has 0 unspecified atom stereocenters. The van der Waals surface area contributed by atoms with Crippen molar-refractivity contribution in [3.05, 3.63) is 0 Å². The summed E-state index contributed by atoms with van der Waals surface area (Å²) < 4.78 is 0. The van der Waals surface area contributed by atoms with Crippen molar-refractivity contribution in [2.75, 3.05) is 0 Å². The van der Waals surface area contributed by atoms with Crippen molar-refractivity contribution in [1.29, 1.82) is 0 Å². The summed E-state index contributed by atoms with van der Waals surface area (Å²) >= 11 is 0. The van der Waals surface area contributed by atoms with E-state index < -0.39 is 0 Å². The zero-order valence-corrected chi connectivity index (χ0v) is 5.03. The van der Waals surface area contributed by atoms with E-state index in [1.54, 1.807) is 0 Å². The Morgan fingerprint density at radius 2 is 2.14 bits per heavy atom. The highest BCUT2D eigenvalue weighted by atomic mass is 35.5. The fourth-order valence-electron chi connectivity index (χ4n) is 0.0913. The first-order valence-electron chi connectivity index (χ1n) is 1.83. The molecule has 0 aromatic carbocycles. The van der Waals surface area contributed by atoms with Gasteiger partial charge in [0, 0.05) is 6.42 Å². The molecule has 0 bridgehead atoms. The number of hydrogen-bond donors (Lipinski definition) is 2. The Bertz CT molecular complexity index is 61.2. The molecular formula is C3H10ClN3. The number of amidine groups is 1. The number of halogens is 1. The van der Waals surface area contributed by atoms with Gasteiger partial charge in [0.15, 0.2) is 0 Å². The summed E-state index contributed by atoms with van der Waals surface area (Å²) in [5.41, 5.74) is 5.10. The van der Waals surface area contributed by atoms with Gasteiger partial charge in [0.1, 0.15) is 5.84 Å². The van der Waals surface area contributed by atoms with Gasteiger partial charge in [0.05, 0.1) is 0 Å². The zero-order valence-electron chi connectivity index (χ0n) is 4.22. The predicted octanol–water partition coefficient (Wildman–Crippen LogP) is 0.0491. The molecular weight excluding hydrogens is 114 g/mol. The average Bonchev–Trinajstić information content (AvgIpc) is 1.65. The molecule has 0 atom stereocenters. The number of rotatable bonds is 1. The summed E-state index contributed by atoms with van der Waals surface area (Å²) in [5.74, 6) is 5.24. The van der Waals surface area contributed by atoms with Crippen LogP contribution >= 0.6 is 12.4 Å². The molecule has 3 nitrogen and oxygen atoms in total. The first-order valence-corrected chi connectivity index (χ1v) is 1.83. The smallest absolute Gasteiger partial charge is 0.119 e. The van der Waals surface area contributed by atoms with E-state index in [0.717, 1.165) is 6.42 Å². The summed E-state index contributed by atoms with van der Waals surface area (Å²) in [4.78, 5) is 0. The third-order valence-corrected chi connectivity index (χ3v) is 0.528. The third kappa shape index (κ3) is 5.56. The number of nitrogens with zero attached hydrogens (tertiary/aromatic N) is 1. The molecule has 0 fully saturated rings. The third-order valence-electron chi connectivity index (χ3n) is 0.528. The molecule has 0 saturated carbocycles. The highest BCUT2D eigenvalue weighted by molar-refractivity contribution is 5.85. The average molecular weight is 124 g/mol. The van der Waals surface area contributed by atoms with Crippen molar-refractivity contribution in [2.24, 2.45) is 16.7 Å². The maximum absolute atomic E-state index is 5.10. The summed E-state index contributed by atoms with van der Waals surface area (Å²) in [6, 6.07) is 0. The van der Waals surface area contributed by atoms with Crippen LogP contribution in [0, 0.1) is 0 Å². The van der Waals surface area contributed by atoms with Gasteiger partial charge in [-0.2, -0.15) is 5.10 Å². The Balaban J connectivity index is 0. The van der Waals surface area contributed by atoms with Gasteiger partial charge in [-0.05, 0) is 0 Å². The number of hydrazone groups is 1. The second-order valence-corrected chi connectivity index (χ2v) is 0.974. The molecule has 0 aliphatic carbocycles. The lowest BCUT2D eigenvalue weighted by Gasteiger charge is -1.84. The fraction of sp³-hybridized carbons (Fsp3) is 0.667. The van der Waals surface area contributed by atoms with Crippen molar-refractivity contribution in [2.45, 2.75) is 13.3 Å². The molecule has 0 amide bonds. The molecule has 0 aromatic rings. The van der Waals surface area contributed by atoms with E-state index in [2.05, 4.69) is 5.10 Å².